The van der Waals surface area contributed by atoms with Crippen molar-refractivity contribution in [2.45, 2.75) is 25.8 Å². The fourth-order valence-electron chi connectivity index (χ4n) is 1.95. The van der Waals surface area contributed by atoms with Gasteiger partial charge < -0.3 is 14.8 Å². The first-order valence-electron chi connectivity index (χ1n) is 6.52. The first kappa shape index (κ1) is 16.4. The minimum atomic E-state index is 0.329. The molecule has 1 aromatic rings. The number of hydrogen-bond acceptors (Lipinski definition) is 4. The summed E-state index contributed by atoms with van der Waals surface area (Å²) in [5.41, 5.74) is 1.95. The van der Waals surface area contributed by atoms with Gasteiger partial charge in [-0.15, -0.1) is 0 Å². The van der Waals surface area contributed by atoms with Crippen LogP contribution in [0.15, 0.2) is 0 Å². The number of halogens is 1. The van der Waals surface area contributed by atoms with Gasteiger partial charge in [-0.25, -0.2) is 0 Å². The molecular weight excluding hydrogens is 266 g/mol. The first-order valence-corrected chi connectivity index (χ1v) is 6.89. The van der Waals surface area contributed by atoms with E-state index in [1.54, 1.807) is 7.11 Å². The molecule has 0 aliphatic rings. The molecule has 0 amide bonds. The predicted molar refractivity (Wildman–Crippen MR) is 76.8 cm³/mol. The van der Waals surface area contributed by atoms with Crippen LogP contribution in [0.3, 0.4) is 0 Å². The quantitative estimate of drug-likeness (QED) is 0.701. The van der Waals surface area contributed by atoms with E-state index >= 15 is 0 Å². The molecule has 1 rings (SSSR count). The maximum Gasteiger partial charge on any atom is 0.0847 e. The van der Waals surface area contributed by atoms with Crippen molar-refractivity contribution in [3.05, 3.63) is 16.4 Å². The van der Waals surface area contributed by atoms with Crippen molar-refractivity contribution in [1.29, 1.82) is 0 Å². The van der Waals surface area contributed by atoms with Crippen LogP contribution in [-0.4, -0.2) is 49.8 Å². The van der Waals surface area contributed by atoms with Gasteiger partial charge in [0.2, 0.25) is 0 Å². The van der Waals surface area contributed by atoms with Crippen LogP contribution >= 0.6 is 11.6 Å². The molecule has 0 saturated carbocycles. The predicted octanol–water partition coefficient (Wildman–Crippen LogP) is 1.57. The van der Waals surface area contributed by atoms with E-state index in [9.17, 15) is 0 Å². The maximum absolute atomic E-state index is 6.26. The molecule has 0 fully saturated rings. The largest absolute Gasteiger partial charge is 0.382 e. The Morgan fingerprint density at radius 3 is 2.63 bits per heavy atom. The summed E-state index contributed by atoms with van der Waals surface area (Å²) in [6.45, 7) is 3.91. The van der Waals surface area contributed by atoms with Gasteiger partial charge in [-0.05, 0) is 20.4 Å². The second-order valence-electron chi connectivity index (χ2n) is 4.55. The van der Waals surface area contributed by atoms with E-state index < -0.39 is 0 Å². The van der Waals surface area contributed by atoms with Crippen LogP contribution in [0.4, 0.5) is 0 Å². The van der Waals surface area contributed by atoms with Gasteiger partial charge in [0, 0.05) is 33.2 Å². The van der Waals surface area contributed by atoms with E-state index in [0.29, 0.717) is 25.9 Å². The number of nitrogens with one attached hydrogen (secondary N) is 1. The van der Waals surface area contributed by atoms with Gasteiger partial charge in [-0.3, -0.25) is 4.68 Å². The summed E-state index contributed by atoms with van der Waals surface area (Å²) in [5, 5.41) is 8.39. The van der Waals surface area contributed by atoms with Gasteiger partial charge in [0.1, 0.15) is 0 Å². The van der Waals surface area contributed by atoms with E-state index in [-0.39, 0.29) is 0 Å². The maximum atomic E-state index is 6.26. The molecule has 6 heteroatoms. The Hall–Kier alpha value is -0.620. The van der Waals surface area contributed by atoms with Crippen molar-refractivity contribution in [2.24, 2.45) is 7.05 Å². The summed E-state index contributed by atoms with van der Waals surface area (Å²) in [4.78, 5) is 0. The van der Waals surface area contributed by atoms with Gasteiger partial charge in [-0.1, -0.05) is 11.6 Å². The third-order valence-electron chi connectivity index (χ3n) is 3.15. The lowest BCUT2D eigenvalue weighted by Gasteiger charge is -2.16. The van der Waals surface area contributed by atoms with Crippen molar-refractivity contribution in [1.82, 2.24) is 15.1 Å². The number of aryl methyl sites for hydroxylation is 2. The molecule has 5 nitrogen and oxygen atoms in total. The molecule has 0 aliphatic heterocycles. The lowest BCUT2D eigenvalue weighted by molar-refractivity contribution is 0.0660. The molecule has 110 valence electrons. The molecule has 0 spiro atoms. The molecule has 1 atom stereocenters. The average molecular weight is 290 g/mol. The Balaban J connectivity index is 2.43. The van der Waals surface area contributed by atoms with Crippen LogP contribution in [0.25, 0.3) is 0 Å². The number of rotatable bonds is 9. The van der Waals surface area contributed by atoms with Crippen molar-refractivity contribution < 1.29 is 9.47 Å². The van der Waals surface area contributed by atoms with E-state index in [4.69, 9.17) is 21.1 Å². The normalized spacial score (nSPS) is 12.9. The molecule has 0 bridgehead atoms. The third kappa shape index (κ3) is 5.10. The highest BCUT2D eigenvalue weighted by Gasteiger charge is 2.15. The Labute approximate surface area is 120 Å². The van der Waals surface area contributed by atoms with Gasteiger partial charge in [0.15, 0.2) is 0 Å². The highest BCUT2D eigenvalue weighted by atomic mass is 35.5. The molecule has 0 aromatic carbocycles. The van der Waals surface area contributed by atoms with Crippen LogP contribution in [-0.2, 0) is 22.9 Å². The SMILES string of the molecule is CNC(CCOCCOC)Cc1c(Cl)c(C)nn1C. The zero-order valence-electron chi connectivity index (χ0n) is 12.2. The fourth-order valence-corrected chi connectivity index (χ4v) is 2.19. The van der Waals surface area contributed by atoms with Gasteiger partial charge in [0.05, 0.1) is 29.6 Å². The van der Waals surface area contributed by atoms with Gasteiger partial charge >= 0.3 is 0 Å². The van der Waals surface area contributed by atoms with Crippen LogP contribution in [0.1, 0.15) is 17.8 Å². The van der Waals surface area contributed by atoms with Gasteiger partial charge in [-0.2, -0.15) is 5.10 Å². The Bertz CT molecular complexity index is 382. The molecule has 0 saturated heterocycles. The summed E-state index contributed by atoms with van der Waals surface area (Å²) >= 11 is 6.26. The summed E-state index contributed by atoms with van der Waals surface area (Å²) in [6, 6.07) is 0.329. The highest BCUT2D eigenvalue weighted by Crippen LogP contribution is 2.21. The summed E-state index contributed by atoms with van der Waals surface area (Å²) in [7, 11) is 5.56. The lowest BCUT2D eigenvalue weighted by atomic mass is 10.1. The van der Waals surface area contributed by atoms with Crippen LogP contribution in [0.2, 0.25) is 5.02 Å². The number of hydrogen-bond donors (Lipinski definition) is 1. The van der Waals surface area contributed by atoms with Crippen molar-refractivity contribution >= 4 is 11.6 Å². The first-order chi connectivity index (χ1) is 9.10. The molecule has 1 heterocycles. The number of methoxy groups -OCH3 is 1. The van der Waals surface area contributed by atoms with Crippen molar-refractivity contribution in [3.63, 3.8) is 0 Å². The summed E-state index contributed by atoms with van der Waals surface area (Å²) in [5.74, 6) is 0. The lowest BCUT2D eigenvalue weighted by Crippen LogP contribution is -2.30. The molecule has 19 heavy (non-hydrogen) atoms. The molecular formula is C13H24ClN3O2. The van der Waals surface area contributed by atoms with E-state index in [0.717, 1.165) is 29.3 Å². The summed E-state index contributed by atoms with van der Waals surface area (Å²) in [6.07, 6.45) is 1.78. The Kier molecular flexibility index (Phi) is 7.38. The number of nitrogens with zero attached hydrogens (tertiary/aromatic N) is 2. The molecule has 0 radical (unpaired) electrons. The Morgan fingerprint density at radius 1 is 1.37 bits per heavy atom. The van der Waals surface area contributed by atoms with Crippen molar-refractivity contribution in [2.75, 3.05) is 34.0 Å². The van der Waals surface area contributed by atoms with Gasteiger partial charge in [0.25, 0.3) is 0 Å². The fraction of sp³-hybridized carbons (Fsp3) is 0.769. The second-order valence-corrected chi connectivity index (χ2v) is 4.93. The third-order valence-corrected chi connectivity index (χ3v) is 3.64. The zero-order valence-corrected chi connectivity index (χ0v) is 13.0. The molecule has 1 N–H and O–H groups in total. The standard InChI is InChI=1S/C13H24ClN3O2/c1-10-13(14)12(17(3)16-10)9-11(15-2)5-6-19-8-7-18-4/h11,15H,5-9H2,1-4H3. The Morgan fingerprint density at radius 2 is 2.11 bits per heavy atom. The summed E-state index contributed by atoms with van der Waals surface area (Å²) < 4.78 is 12.3. The smallest absolute Gasteiger partial charge is 0.0847 e. The molecule has 1 unspecified atom stereocenters. The molecule has 1 aromatic heterocycles. The minimum Gasteiger partial charge on any atom is -0.382 e. The zero-order chi connectivity index (χ0) is 14.3. The van der Waals surface area contributed by atoms with Crippen LogP contribution in [0, 0.1) is 6.92 Å². The second kappa shape index (κ2) is 8.53. The highest BCUT2D eigenvalue weighted by molar-refractivity contribution is 6.31. The minimum absolute atomic E-state index is 0.329. The monoisotopic (exact) mass is 289 g/mol. The topological polar surface area (TPSA) is 48.3 Å². The number of ether oxygens (including phenoxy) is 2. The van der Waals surface area contributed by atoms with Crippen molar-refractivity contribution in [3.8, 4) is 0 Å². The average Bonchev–Trinajstić information content (AvgIpc) is 2.63. The number of likely N-dealkylation sites (N-methyl/N-ethyl adjacent to an activating group) is 1. The number of aromatic nitrogens is 2. The van der Waals surface area contributed by atoms with E-state index in [1.807, 2.05) is 25.7 Å². The van der Waals surface area contributed by atoms with Crippen LogP contribution in [0.5, 0.6) is 0 Å². The van der Waals surface area contributed by atoms with E-state index in [2.05, 4.69) is 10.4 Å². The van der Waals surface area contributed by atoms with E-state index in [1.165, 1.54) is 0 Å². The van der Waals surface area contributed by atoms with Crippen LogP contribution < -0.4 is 5.32 Å². The molecule has 0 aliphatic carbocycles.